The molecule has 0 spiro atoms. The normalized spacial score (nSPS) is 18.4. The molecule has 1 aliphatic carbocycles. The van der Waals surface area contributed by atoms with Gasteiger partial charge in [0.1, 0.15) is 24.2 Å². The van der Waals surface area contributed by atoms with Crippen LogP contribution in [-0.2, 0) is 28.7 Å². The molecule has 1 aromatic rings. The maximum atomic E-state index is 13.8. The van der Waals surface area contributed by atoms with Crippen LogP contribution in [0.4, 0.5) is 4.79 Å². The number of carbonyl (C=O) groups is 5. The highest BCUT2D eigenvalue weighted by atomic mass is 16.6. The molecule has 4 atom stereocenters. The van der Waals surface area contributed by atoms with Crippen molar-refractivity contribution < 1.29 is 33.4 Å². The van der Waals surface area contributed by atoms with Crippen LogP contribution in [0.3, 0.4) is 0 Å². The van der Waals surface area contributed by atoms with Crippen molar-refractivity contribution in [1.82, 2.24) is 15.5 Å². The maximum Gasteiger partial charge on any atom is 0.408 e. The van der Waals surface area contributed by atoms with Gasteiger partial charge in [0.25, 0.3) is 0 Å². The molecule has 0 aromatic heterocycles. The summed E-state index contributed by atoms with van der Waals surface area (Å²) in [6.45, 7) is 6.51. The summed E-state index contributed by atoms with van der Waals surface area (Å²) in [5, 5.41) is 4.93. The Kier molecular flexibility index (Phi) is 9.21. The van der Waals surface area contributed by atoms with Gasteiger partial charge in [-0.25, -0.2) is 4.79 Å². The van der Waals surface area contributed by atoms with Crippen LogP contribution in [0.2, 0.25) is 0 Å². The number of esters is 1. The fourth-order valence-corrected chi connectivity index (χ4v) is 3.61. The Morgan fingerprint density at radius 3 is 2.23 bits per heavy atom. The van der Waals surface area contributed by atoms with Gasteiger partial charge in [-0.3, -0.25) is 19.2 Å². The van der Waals surface area contributed by atoms with E-state index < -0.39 is 53.9 Å². The first-order chi connectivity index (χ1) is 16.3. The minimum Gasteiger partial charge on any atom is -0.468 e. The molecular weight excluding hydrogens is 456 g/mol. The molecular formula is C24H34N4O7. The standard InChI is InChI=1S/C24H34N4O7/c1-14-11-17(14)28(22(32)16(12-18(25)29)27-23(33)35-24(2,3)4)20(15-9-7-6-8-10-15)21(31)26-13-19(30)34-5/h6-10,14,16-17,20H,11-13H2,1-5H3,(H2,25,29)(H,26,31)(H,27,33). The van der Waals surface area contributed by atoms with Gasteiger partial charge in [0.05, 0.1) is 13.5 Å². The molecule has 2 rings (SSSR count). The average Bonchev–Trinajstić information content (AvgIpc) is 3.49. The molecule has 1 fully saturated rings. The third-order valence-electron chi connectivity index (χ3n) is 5.35. The van der Waals surface area contributed by atoms with Crippen LogP contribution >= 0.6 is 0 Å². The van der Waals surface area contributed by atoms with E-state index in [9.17, 15) is 24.0 Å². The second-order valence-corrected chi connectivity index (χ2v) is 9.50. The largest absolute Gasteiger partial charge is 0.468 e. The van der Waals surface area contributed by atoms with Crippen molar-refractivity contribution in [2.45, 2.75) is 64.3 Å². The minimum atomic E-state index is -1.35. The molecule has 0 heterocycles. The number of amides is 4. The molecule has 0 aliphatic heterocycles. The predicted molar refractivity (Wildman–Crippen MR) is 126 cm³/mol. The molecule has 11 nitrogen and oxygen atoms in total. The van der Waals surface area contributed by atoms with E-state index in [0.29, 0.717) is 12.0 Å². The highest BCUT2D eigenvalue weighted by molar-refractivity contribution is 5.95. The van der Waals surface area contributed by atoms with Gasteiger partial charge in [0.15, 0.2) is 0 Å². The van der Waals surface area contributed by atoms with E-state index in [0.717, 1.165) is 0 Å². The number of benzene rings is 1. The number of nitrogens with one attached hydrogen (secondary N) is 2. The van der Waals surface area contributed by atoms with Crippen molar-refractivity contribution in [2.75, 3.05) is 13.7 Å². The van der Waals surface area contributed by atoms with Crippen molar-refractivity contribution in [2.24, 2.45) is 11.7 Å². The summed E-state index contributed by atoms with van der Waals surface area (Å²) in [7, 11) is 1.20. The number of hydrogen-bond acceptors (Lipinski definition) is 7. The Hall–Kier alpha value is -3.63. The molecule has 4 amide bonds. The number of ether oxygens (including phenoxy) is 2. The Bertz CT molecular complexity index is 945. The monoisotopic (exact) mass is 490 g/mol. The molecule has 1 saturated carbocycles. The van der Waals surface area contributed by atoms with Gasteiger partial charge in [0.2, 0.25) is 17.7 Å². The number of carbonyl (C=O) groups excluding carboxylic acids is 5. The highest BCUT2D eigenvalue weighted by Crippen LogP contribution is 2.40. The second kappa shape index (κ2) is 11.7. The maximum absolute atomic E-state index is 13.8. The van der Waals surface area contributed by atoms with Crippen molar-refractivity contribution >= 4 is 29.8 Å². The lowest BCUT2D eigenvalue weighted by molar-refractivity contribution is -0.146. The lowest BCUT2D eigenvalue weighted by Crippen LogP contribution is -2.55. The third-order valence-corrected chi connectivity index (χ3v) is 5.35. The molecule has 11 heteroatoms. The van der Waals surface area contributed by atoms with Crippen molar-refractivity contribution in [3.8, 4) is 0 Å². The van der Waals surface area contributed by atoms with E-state index in [1.54, 1.807) is 51.1 Å². The first kappa shape index (κ1) is 27.6. The van der Waals surface area contributed by atoms with E-state index in [2.05, 4.69) is 15.4 Å². The van der Waals surface area contributed by atoms with Crippen molar-refractivity contribution in [1.29, 1.82) is 0 Å². The molecule has 4 unspecified atom stereocenters. The minimum absolute atomic E-state index is 0.0781. The zero-order valence-electron chi connectivity index (χ0n) is 20.7. The van der Waals surface area contributed by atoms with Gasteiger partial charge in [-0.2, -0.15) is 0 Å². The summed E-state index contributed by atoms with van der Waals surface area (Å²) < 4.78 is 9.83. The number of alkyl carbamates (subject to hydrolysis) is 1. The van der Waals surface area contributed by atoms with Gasteiger partial charge < -0.3 is 30.7 Å². The SMILES string of the molecule is COC(=O)CNC(=O)C(c1ccccc1)N(C(=O)C(CC(N)=O)NC(=O)OC(C)(C)C)C1CC1C. The van der Waals surface area contributed by atoms with Gasteiger partial charge in [-0.1, -0.05) is 37.3 Å². The van der Waals surface area contributed by atoms with E-state index in [-0.39, 0.29) is 18.5 Å². The lowest BCUT2D eigenvalue weighted by Gasteiger charge is -2.34. The van der Waals surface area contributed by atoms with E-state index >= 15 is 0 Å². The third kappa shape index (κ3) is 8.27. The number of nitrogens with two attached hydrogens (primary N) is 1. The number of nitrogens with zero attached hydrogens (tertiary/aromatic N) is 1. The Morgan fingerprint density at radius 1 is 1.14 bits per heavy atom. The summed E-state index contributed by atoms with van der Waals surface area (Å²) in [4.78, 5) is 64.2. The molecule has 192 valence electrons. The zero-order valence-corrected chi connectivity index (χ0v) is 20.7. The summed E-state index contributed by atoms with van der Waals surface area (Å²) in [6, 6.07) is 5.75. The number of hydrogen-bond donors (Lipinski definition) is 3. The van der Waals surface area contributed by atoms with Gasteiger partial charge in [0, 0.05) is 6.04 Å². The fourth-order valence-electron chi connectivity index (χ4n) is 3.61. The second-order valence-electron chi connectivity index (χ2n) is 9.50. The Balaban J connectivity index is 2.43. The fraction of sp³-hybridized carbons (Fsp3) is 0.542. The van der Waals surface area contributed by atoms with Gasteiger partial charge >= 0.3 is 12.1 Å². The van der Waals surface area contributed by atoms with Crippen LogP contribution in [0, 0.1) is 5.92 Å². The van der Waals surface area contributed by atoms with Crippen molar-refractivity contribution in [3.63, 3.8) is 0 Å². The summed E-state index contributed by atoms with van der Waals surface area (Å²) in [6.07, 6.45) is -0.761. The molecule has 0 saturated heterocycles. The molecule has 1 aliphatic rings. The lowest BCUT2D eigenvalue weighted by atomic mass is 10.0. The average molecular weight is 491 g/mol. The van der Waals surface area contributed by atoms with E-state index in [1.165, 1.54) is 12.0 Å². The molecule has 0 radical (unpaired) electrons. The van der Waals surface area contributed by atoms with Gasteiger partial charge in [-0.05, 0) is 38.7 Å². The highest BCUT2D eigenvalue weighted by Gasteiger charge is 2.48. The summed E-state index contributed by atoms with van der Waals surface area (Å²) >= 11 is 0. The molecule has 0 bridgehead atoms. The van der Waals surface area contributed by atoms with Crippen LogP contribution in [0.15, 0.2) is 30.3 Å². The first-order valence-corrected chi connectivity index (χ1v) is 11.3. The van der Waals surface area contributed by atoms with Crippen LogP contribution in [0.25, 0.3) is 0 Å². The molecule has 1 aromatic carbocycles. The molecule has 4 N–H and O–H groups in total. The van der Waals surface area contributed by atoms with Crippen LogP contribution < -0.4 is 16.4 Å². The summed E-state index contributed by atoms with van der Waals surface area (Å²) in [5.74, 6) is -2.65. The number of rotatable bonds is 10. The molecule has 35 heavy (non-hydrogen) atoms. The quantitative estimate of drug-likeness (QED) is 0.413. The topological polar surface area (TPSA) is 157 Å². The predicted octanol–water partition coefficient (Wildman–Crippen LogP) is 1.02. The number of primary amides is 1. The van der Waals surface area contributed by atoms with Crippen LogP contribution in [-0.4, -0.2) is 66.0 Å². The number of methoxy groups -OCH3 is 1. The van der Waals surface area contributed by atoms with E-state index in [1.807, 2.05) is 6.92 Å². The van der Waals surface area contributed by atoms with Crippen LogP contribution in [0.5, 0.6) is 0 Å². The van der Waals surface area contributed by atoms with Crippen LogP contribution in [0.1, 0.15) is 52.1 Å². The smallest absolute Gasteiger partial charge is 0.408 e. The van der Waals surface area contributed by atoms with Crippen molar-refractivity contribution in [3.05, 3.63) is 35.9 Å². The first-order valence-electron chi connectivity index (χ1n) is 11.3. The summed E-state index contributed by atoms with van der Waals surface area (Å²) in [5.41, 5.74) is 5.02. The Labute approximate surface area is 204 Å². The van der Waals surface area contributed by atoms with E-state index in [4.69, 9.17) is 10.5 Å². The zero-order chi connectivity index (χ0) is 26.3. The van der Waals surface area contributed by atoms with Gasteiger partial charge in [-0.15, -0.1) is 0 Å². The Morgan fingerprint density at radius 2 is 1.74 bits per heavy atom.